The minimum Gasteiger partial charge on any atom is -0.481 e. The van der Waals surface area contributed by atoms with Crippen molar-refractivity contribution in [2.75, 3.05) is 13.1 Å². The van der Waals surface area contributed by atoms with Crippen LogP contribution >= 0.6 is 0 Å². The minimum atomic E-state index is -0.699. The molecule has 0 amide bonds. The Balaban J connectivity index is 1.73. The third-order valence-corrected chi connectivity index (χ3v) is 4.95. The van der Waals surface area contributed by atoms with Crippen molar-refractivity contribution in [3.63, 3.8) is 0 Å². The number of hydrogen-bond acceptors (Lipinski definition) is 4. The summed E-state index contributed by atoms with van der Waals surface area (Å²) in [4.78, 5) is 13.7. The predicted octanol–water partition coefficient (Wildman–Crippen LogP) is 1.51. The van der Waals surface area contributed by atoms with Gasteiger partial charge in [-0.1, -0.05) is 0 Å². The number of rotatable bonds is 3. The van der Waals surface area contributed by atoms with Crippen LogP contribution in [0.25, 0.3) is 0 Å². The van der Waals surface area contributed by atoms with Crippen LogP contribution in [0, 0.1) is 5.92 Å². The molecule has 2 aliphatic heterocycles. The molecule has 0 saturated carbocycles. The average molecular weight is 292 g/mol. The monoisotopic (exact) mass is 292 g/mol. The first kappa shape index (κ1) is 14.5. The molecule has 0 aromatic carbocycles. The van der Waals surface area contributed by atoms with Gasteiger partial charge < -0.3 is 14.6 Å². The van der Waals surface area contributed by atoms with Crippen LogP contribution < -0.4 is 0 Å². The Labute approximate surface area is 125 Å². The number of carbonyl (C=O) groups is 1. The first-order valence-corrected chi connectivity index (χ1v) is 7.95. The topological polar surface area (TPSA) is 71.2 Å². The number of likely N-dealkylation sites (tertiary alicyclic amines) is 1. The second kappa shape index (κ2) is 5.75. The standard InChI is InChI=1S/C15H24N4O2/c1-10(2)18-7-5-11(6-8-18)14-17-16-13-4-3-12(15(20)21)9-19(13)14/h10-12H,3-9H2,1-2H3,(H,20,21). The van der Waals surface area contributed by atoms with Gasteiger partial charge in [0.1, 0.15) is 11.6 Å². The highest BCUT2D eigenvalue weighted by Crippen LogP contribution is 2.30. The van der Waals surface area contributed by atoms with E-state index in [4.69, 9.17) is 0 Å². The fourth-order valence-electron chi connectivity index (χ4n) is 3.53. The van der Waals surface area contributed by atoms with Gasteiger partial charge in [0.25, 0.3) is 0 Å². The van der Waals surface area contributed by atoms with Gasteiger partial charge in [-0.15, -0.1) is 10.2 Å². The van der Waals surface area contributed by atoms with E-state index in [0.717, 1.165) is 44.0 Å². The van der Waals surface area contributed by atoms with E-state index in [2.05, 4.69) is 33.5 Å². The summed E-state index contributed by atoms with van der Waals surface area (Å²) in [6.07, 6.45) is 3.59. The molecular weight excluding hydrogens is 268 g/mol. The Bertz CT molecular complexity index is 518. The van der Waals surface area contributed by atoms with Crippen LogP contribution in [0.15, 0.2) is 0 Å². The van der Waals surface area contributed by atoms with Crippen molar-refractivity contribution in [2.24, 2.45) is 5.92 Å². The highest BCUT2D eigenvalue weighted by molar-refractivity contribution is 5.70. The number of carboxylic acids is 1. The molecule has 0 bridgehead atoms. The van der Waals surface area contributed by atoms with Crippen LogP contribution in [0.3, 0.4) is 0 Å². The molecule has 3 heterocycles. The molecule has 1 fully saturated rings. The fourth-order valence-corrected chi connectivity index (χ4v) is 3.53. The lowest BCUT2D eigenvalue weighted by molar-refractivity contribution is -0.142. The maximum absolute atomic E-state index is 11.2. The number of nitrogens with zero attached hydrogens (tertiary/aromatic N) is 4. The van der Waals surface area contributed by atoms with E-state index in [-0.39, 0.29) is 5.92 Å². The van der Waals surface area contributed by atoms with E-state index in [1.807, 2.05) is 0 Å². The largest absolute Gasteiger partial charge is 0.481 e. The third kappa shape index (κ3) is 2.81. The van der Waals surface area contributed by atoms with Crippen molar-refractivity contribution < 1.29 is 9.90 Å². The molecular formula is C15H24N4O2. The summed E-state index contributed by atoms with van der Waals surface area (Å²) in [7, 11) is 0. The lowest BCUT2D eigenvalue weighted by atomic mass is 9.93. The van der Waals surface area contributed by atoms with Gasteiger partial charge in [0.05, 0.1) is 5.92 Å². The normalized spacial score (nSPS) is 24.2. The van der Waals surface area contributed by atoms with Gasteiger partial charge in [-0.25, -0.2) is 0 Å². The lowest BCUT2D eigenvalue weighted by Crippen LogP contribution is -2.38. The molecule has 21 heavy (non-hydrogen) atoms. The first-order chi connectivity index (χ1) is 10.1. The molecule has 2 aliphatic rings. The van der Waals surface area contributed by atoms with Crippen LogP contribution in [0.1, 0.15) is 50.7 Å². The molecule has 6 heteroatoms. The molecule has 0 aliphatic carbocycles. The Kier molecular flexibility index (Phi) is 3.97. The maximum Gasteiger partial charge on any atom is 0.308 e. The first-order valence-electron chi connectivity index (χ1n) is 7.95. The lowest BCUT2D eigenvalue weighted by Gasteiger charge is -2.34. The number of aliphatic carboxylic acids is 1. The van der Waals surface area contributed by atoms with Crippen LogP contribution in [-0.4, -0.2) is 49.9 Å². The van der Waals surface area contributed by atoms with Crippen LogP contribution in [0.5, 0.6) is 0 Å². The quantitative estimate of drug-likeness (QED) is 0.914. The van der Waals surface area contributed by atoms with Gasteiger partial charge in [-0.3, -0.25) is 4.79 Å². The molecule has 0 radical (unpaired) electrons. The molecule has 1 N–H and O–H groups in total. The van der Waals surface area contributed by atoms with Crippen LogP contribution in [-0.2, 0) is 17.8 Å². The van der Waals surface area contributed by atoms with Gasteiger partial charge >= 0.3 is 5.97 Å². The van der Waals surface area contributed by atoms with Crippen LogP contribution in [0.2, 0.25) is 0 Å². The zero-order chi connectivity index (χ0) is 15.0. The Morgan fingerprint density at radius 3 is 2.57 bits per heavy atom. The van der Waals surface area contributed by atoms with Gasteiger partial charge in [-0.2, -0.15) is 0 Å². The van der Waals surface area contributed by atoms with Crippen LogP contribution in [0.4, 0.5) is 0 Å². The maximum atomic E-state index is 11.2. The zero-order valence-electron chi connectivity index (χ0n) is 12.8. The smallest absolute Gasteiger partial charge is 0.308 e. The summed E-state index contributed by atoms with van der Waals surface area (Å²) in [6.45, 7) is 7.19. The summed E-state index contributed by atoms with van der Waals surface area (Å²) in [5.41, 5.74) is 0. The molecule has 1 unspecified atom stereocenters. The average Bonchev–Trinajstić information content (AvgIpc) is 2.90. The number of aryl methyl sites for hydroxylation is 1. The number of aromatic nitrogens is 3. The number of hydrogen-bond donors (Lipinski definition) is 1. The van der Waals surface area contributed by atoms with E-state index in [1.54, 1.807) is 0 Å². The van der Waals surface area contributed by atoms with Crippen molar-refractivity contribution in [3.05, 3.63) is 11.6 Å². The number of piperidine rings is 1. The molecule has 1 atom stereocenters. The van der Waals surface area contributed by atoms with Gasteiger partial charge in [0.15, 0.2) is 0 Å². The summed E-state index contributed by atoms with van der Waals surface area (Å²) in [5, 5.41) is 17.9. The van der Waals surface area contributed by atoms with E-state index < -0.39 is 5.97 Å². The van der Waals surface area contributed by atoms with Crippen molar-refractivity contribution >= 4 is 5.97 Å². The van der Waals surface area contributed by atoms with E-state index >= 15 is 0 Å². The summed E-state index contributed by atoms with van der Waals surface area (Å²) in [5.74, 6) is 1.42. The summed E-state index contributed by atoms with van der Waals surface area (Å²) in [6, 6.07) is 0.592. The van der Waals surface area contributed by atoms with Crippen molar-refractivity contribution in [2.45, 2.75) is 58.0 Å². The van der Waals surface area contributed by atoms with E-state index in [1.165, 1.54) is 0 Å². The number of fused-ring (bicyclic) bond motifs is 1. The van der Waals surface area contributed by atoms with Crippen molar-refractivity contribution in [3.8, 4) is 0 Å². The SMILES string of the molecule is CC(C)N1CCC(c2nnc3n2CC(C(=O)O)CC3)CC1. The Morgan fingerprint density at radius 1 is 1.24 bits per heavy atom. The van der Waals surface area contributed by atoms with Gasteiger partial charge in [0, 0.05) is 24.9 Å². The third-order valence-electron chi connectivity index (χ3n) is 4.95. The molecule has 6 nitrogen and oxygen atoms in total. The van der Waals surface area contributed by atoms with Gasteiger partial charge in [0.2, 0.25) is 0 Å². The van der Waals surface area contributed by atoms with Gasteiger partial charge in [-0.05, 0) is 46.2 Å². The molecule has 1 aromatic rings. The highest BCUT2D eigenvalue weighted by Gasteiger charge is 2.31. The Hall–Kier alpha value is -1.43. The molecule has 1 saturated heterocycles. The minimum absolute atomic E-state index is 0.289. The predicted molar refractivity (Wildman–Crippen MR) is 78.2 cm³/mol. The van der Waals surface area contributed by atoms with Crippen molar-refractivity contribution in [1.82, 2.24) is 19.7 Å². The highest BCUT2D eigenvalue weighted by atomic mass is 16.4. The molecule has 3 rings (SSSR count). The second-order valence-corrected chi connectivity index (χ2v) is 6.56. The van der Waals surface area contributed by atoms with E-state index in [9.17, 15) is 9.90 Å². The molecule has 0 spiro atoms. The second-order valence-electron chi connectivity index (χ2n) is 6.56. The summed E-state index contributed by atoms with van der Waals surface area (Å²) < 4.78 is 2.08. The van der Waals surface area contributed by atoms with E-state index in [0.29, 0.717) is 24.9 Å². The summed E-state index contributed by atoms with van der Waals surface area (Å²) >= 11 is 0. The number of carboxylic acid groups (broad SMARTS) is 1. The van der Waals surface area contributed by atoms with Crippen molar-refractivity contribution in [1.29, 1.82) is 0 Å². The molecule has 116 valence electrons. The fraction of sp³-hybridized carbons (Fsp3) is 0.800. The Morgan fingerprint density at radius 2 is 1.95 bits per heavy atom. The molecule has 1 aromatic heterocycles. The zero-order valence-corrected chi connectivity index (χ0v) is 12.8.